The number of hydrogen-bond acceptors (Lipinski definition) is 5. The van der Waals surface area contributed by atoms with Gasteiger partial charge in [-0.05, 0) is 12.5 Å². The van der Waals surface area contributed by atoms with Crippen molar-refractivity contribution in [2.24, 2.45) is 0 Å². The fraction of sp³-hybridized carbons (Fsp3) is 0.222. The van der Waals surface area contributed by atoms with E-state index in [1.165, 1.54) is 25.3 Å². The quantitative estimate of drug-likeness (QED) is 0.449. The molecule has 7 nitrogen and oxygen atoms in total. The van der Waals surface area contributed by atoms with Crippen molar-refractivity contribution >= 4 is 23.1 Å². The monoisotopic (exact) mass is 342 g/mol. The van der Waals surface area contributed by atoms with E-state index in [4.69, 9.17) is 4.74 Å². The van der Waals surface area contributed by atoms with Gasteiger partial charge in [0.1, 0.15) is 5.75 Å². The highest BCUT2D eigenvalue weighted by molar-refractivity contribution is 5.97. The van der Waals surface area contributed by atoms with Gasteiger partial charge in [0.2, 0.25) is 5.91 Å². The van der Waals surface area contributed by atoms with E-state index in [0.717, 1.165) is 0 Å². The Morgan fingerprint density at radius 2 is 1.84 bits per heavy atom. The van der Waals surface area contributed by atoms with E-state index in [9.17, 15) is 19.7 Å². The fourth-order valence-corrected chi connectivity index (χ4v) is 2.30. The molecule has 2 rings (SSSR count). The molecule has 0 radical (unpaired) electrons. The van der Waals surface area contributed by atoms with Gasteiger partial charge in [-0.2, -0.15) is 0 Å². The van der Waals surface area contributed by atoms with Gasteiger partial charge in [-0.1, -0.05) is 30.3 Å². The summed E-state index contributed by atoms with van der Waals surface area (Å²) in [4.78, 5) is 34.3. The van der Waals surface area contributed by atoms with Gasteiger partial charge in [0, 0.05) is 30.5 Å². The number of benzene rings is 2. The molecule has 25 heavy (non-hydrogen) atoms. The highest BCUT2D eigenvalue weighted by atomic mass is 16.6. The summed E-state index contributed by atoms with van der Waals surface area (Å²) in [6, 6.07) is 12.8. The molecule has 1 N–H and O–H groups in total. The third-order valence-electron chi connectivity index (χ3n) is 3.57. The molecule has 2 aromatic carbocycles. The highest BCUT2D eigenvalue weighted by Gasteiger charge is 2.14. The van der Waals surface area contributed by atoms with Crippen molar-refractivity contribution in [2.75, 3.05) is 12.4 Å². The SMILES string of the molecule is COc1ccc([N+](=O)[O-])cc1NC(=O)CCCC(=O)c1ccccc1. The number of nitro groups is 1. The Bertz CT molecular complexity index is 774. The van der Waals surface area contributed by atoms with Gasteiger partial charge in [0.05, 0.1) is 17.7 Å². The zero-order chi connectivity index (χ0) is 18.2. The zero-order valence-corrected chi connectivity index (χ0v) is 13.7. The first-order valence-electron chi connectivity index (χ1n) is 7.72. The Morgan fingerprint density at radius 1 is 1.12 bits per heavy atom. The maximum absolute atomic E-state index is 12.0. The molecule has 130 valence electrons. The molecule has 0 saturated heterocycles. The lowest BCUT2D eigenvalue weighted by Gasteiger charge is -2.10. The lowest BCUT2D eigenvalue weighted by Crippen LogP contribution is -2.13. The molecule has 2 aromatic rings. The number of Topliss-reactive ketones (excluding diaryl/α,β-unsaturated/α-hetero) is 1. The second-order valence-electron chi connectivity index (χ2n) is 5.33. The summed E-state index contributed by atoms with van der Waals surface area (Å²) in [5, 5.41) is 13.4. The number of hydrogen-bond donors (Lipinski definition) is 1. The van der Waals surface area contributed by atoms with E-state index in [2.05, 4.69) is 5.32 Å². The molecular formula is C18H18N2O5. The molecule has 0 aliphatic heterocycles. The van der Waals surface area contributed by atoms with E-state index in [1.807, 2.05) is 6.07 Å². The Hall–Kier alpha value is -3.22. The molecule has 0 atom stereocenters. The Morgan fingerprint density at radius 3 is 2.48 bits per heavy atom. The van der Waals surface area contributed by atoms with Crippen LogP contribution in [0.15, 0.2) is 48.5 Å². The molecule has 0 unspecified atom stereocenters. The van der Waals surface area contributed by atoms with Crippen LogP contribution in [-0.4, -0.2) is 23.7 Å². The number of carbonyl (C=O) groups is 2. The van der Waals surface area contributed by atoms with Crippen molar-refractivity contribution in [1.29, 1.82) is 0 Å². The fourth-order valence-electron chi connectivity index (χ4n) is 2.30. The van der Waals surface area contributed by atoms with Crippen molar-refractivity contribution in [3.05, 3.63) is 64.2 Å². The number of rotatable bonds is 8. The van der Waals surface area contributed by atoms with Gasteiger partial charge in [0.15, 0.2) is 5.78 Å². The third kappa shape index (κ3) is 5.13. The van der Waals surface area contributed by atoms with Gasteiger partial charge in [-0.25, -0.2) is 0 Å². The molecule has 0 aromatic heterocycles. The first kappa shape index (κ1) is 18.1. The molecule has 0 spiro atoms. The Kier molecular flexibility index (Phi) is 6.22. The minimum absolute atomic E-state index is 0.0265. The maximum atomic E-state index is 12.0. The number of nitrogens with zero attached hydrogens (tertiary/aromatic N) is 1. The molecule has 0 aliphatic carbocycles. The second kappa shape index (κ2) is 8.58. The van der Waals surface area contributed by atoms with Crippen LogP contribution in [0.4, 0.5) is 11.4 Å². The molecule has 0 heterocycles. The molecule has 1 amide bonds. The lowest BCUT2D eigenvalue weighted by atomic mass is 10.1. The molecule has 0 bridgehead atoms. The van der Waals surface area contributed by atoms with Crippen LogP contribution in [0.3, 0.4) is 0 Å². The number of nitro benzene ring substituents is 1. The number of nitrogens with one attached hydrogen (secondary N) is 1. The van der Waals surface area contributed by atoms with Crippen LogP contribution in [0.5, 0.6) is 5.75 Å². The third-order valence-corrected chi connectivity index (χ3v) is 3.57. The van der Waals surface area contributed by atoms with Crippen LogP contribution in [0.25, 0.3) is 0 Å². The molecular weight excluding hydrogens is 324 g/mol. The van der Waals surface area contributed by atoms with Crippen molar-refractivity contribution in [1.82, 2.24) is 0 Å². The number of ketones is 1. The summed E-state index contributed by atoms with van der Waals surface area (Å²) in [6.07, 6.45) is 0.769. The van der Waals surface area contributed by atoms with Crippen LogP contribution in [-0.2, 0) is 4.79 Å². The lowest BCUT2D eigenvalue weighted by molar-refractivity contribution is -0.384. The summed E-state index contributed by atoms with van der Waals surface area (Å²) in [7, 11) is 1.41. The average molecular weight is 342 g/mol. The van der Waals surface area contributed by atoms with Crippen molar-refractivity contribution in [2.45, 2.75) is 19.3 Å². The predicted octanol–water partition coefficient (Wildman–Crippen LogP) is 3.60. The van der Waals surface area contributed by atoms with Gasteiger partial charge in [-0.3, -0.25) is 19.7 Å². The van der Waals surface area contributed by atoms with E-state index in [-0.39, 0.29) is 35.9 Å². The van der Waals surface area contributed by atoms with Crippen molar-refractivity contribution in [3.8, 4) is 5.75 Å². The van der Waals surface area contributed by atoms with E-state index in [1.54, 1.807) is 24.3 Å². The van der Waals surface area contributed by atoms with E-state index in [0.29, 0.717) is 17.7 Å². The highest BCUT2D eigenvalue weighted by Crippen LogP contribution is 2.29. The second-order valence-corrected chi connectivity index (χ2v) is 5.33. The molecule has 7 heteroatoms. The van der Waals surface area contributed by atoms with Gasteiger partial charge < -0.3 is 10.1 Å². The Labute approximate surface area is 144 Å². The van der Waals surface area contributed by atoms with Gasteiger partial charge in [0.25, 0.3) is 5.69 Å². The number of ether oxygens (including phenoxy) is 1. The molecule has 0 saturated carbocycles. The molecule has 0 aliphatic rings. The summed E-state index contributed by atoms with van der Waals surface area (Å²) in [5.74, 6) is -0.0275. The topological polar surface area (TPSA) is 98.5 Å². The number of amides is 1. The smallest absolute Gasteiger partial charge is 0.271 e. The summed E-state index contributed by atoms with van der Waals surface area (Å²) in [5.41, 5.74) is 0.703. The Balaban J connectivity index is 1.91. The minimum atomic E-state index is -0.548. The van der Waals surface area contributed by atoms with Gasteiger partial charge in [-0.15, -0.1) is 0 Å². The van der Waals surface area contributed by atoms with Crippen LogP contribution < -0.4 is 10.1 Å². The van der Waals surface area contributed by atoms with Crippen LogP contribution in [0.2, 0.25) is 0 Å². The van der Waals surface area contributed by atoms with Crippen molar-refractivity contribution in [3.63, 3.8) is 0 Å². The number of non-ortho nitro benzene ring substituents is 1. The minimum Gasteiger partial charge on any atom is -0.495 e. The molecule has 0 fully saturated rings. The normalized spacial score (nSPS) is 10.1. The van der Waals surface area contributed by atoms with Crippen LogP contribution >= 0.6 is 0 Å². The number of methoxy groups -OCH3 is 1. The zero-order valence-electron chi connectivity index (χ0n) is 13.7. The number of anilines is 1. The summed E-state index contributed by atoms with van der Waals surface area (Å²) in [6.45, 7) is 0. The van der Waals surface area contributed by atoms with E-state index >= 15 is 0 Å². The van der Waals surface area contributed by atoms with Crippen LogP contribution in [0.1, 0.15) is 29.6 Å². The first-order valence-corrected chi connectivity index (χ1v) is 7.72. The van der Waals surface area contributed by atoms with E-state index < -0.39 is 4.92 Å². The van der Waals surface area contributed by atoms with Gasteiger partial charge >= 0.3 is 0 Å². The summed E-state index contributed by atoms with van der Waals surface area (Å²) >= 11 is 0. The maximum Gasteiger partial charge on any atom is 0.271 e. The van der Waals surface area contributed by atoms with Crippen LogP contribution in [0, 0.1) is 10.1 Å². The van der Waals surface area contributed by atoms with Crippen molar-refractivity contribution < 1.29 is 19.2 Å². The largest absolute Gasteiger partial charge is 0.495 e. The number of carbonyl (C=O) groups excluding carboxylic acids is 2. The average Bonchev–Trinajstić information content (AvgIpc) is 2.62. The standard InChI is InChI=1S/C18H18N2O5/c1-25-17-11-10-14(20(23)24)12-15(17)19-18(22)9-5-8-16(21)13-6-3-2-4-7-13/h2-4,6-7,10-12H,5,8-9H2,1H3,(H,19,22). The first-order chi connectivity index (χ1) is 12.0. The summed E-state index contributed by atoms with van der Waals surface area (Å²) < 4.78 is 5.09. The predicted molar refractivity (Wildman–Crippen MR) is 92.9 cm³/mol.